The number of hydrogen-bond donors (Lipinski definition) is 0. The fraction of sp³-hybridized carbons (Fsp3) is 0.533. The first-order valence-electron chi connectivity index (χ1n) is 7.64. The lowest BCUT2D eigenvalue weighted by Crippen LogP contribution is -2.38. The highest BCUT2D eigenvalue weighted by atomic mass is 32.2. The average Bonchev–Trinajstić information content (AvgIpc) is 2.86. The predicted molar refractivity (Wildman–Crippen MR) is 83.9 cm³/mol. The highest BCUT2D eigenvalue weighted by Crippen LogP contribution is 2.33. The van der Waals surface area contributed by atoms with E-state index in [1.165, 1.54) is 8.87 Å². The van der Waals surface area contributed by atoms with E-state index in [4.69, 9.17) is 0 Å². The van der Waals surface area contributed by atoms with Gasteiger partial charge in [0.15, 0.2) is 0 Å². The van der Waals surface area contributed by atoms with Crippen molar-refractivity contribution in [3.63, 3.8) is 0 Å². The molecule has 1 aliphatic rings. The van der Waals surface area contributed by atoms with Crippen LogP contribution in [-0.4, -0.2) is 41.6 Å². The monoisotopic (exact) mass is 361 g/mol. The molecule has 0 atom stereocenters. The van der Waals surface area contributed by atoms with Crippen molar-refractivity contribution in [2.45, 2.75) is 25.6 Å². The SMILES string of the molecule is CS(=O)(=O)N1CCC(Cn2c(C(F)(F)F)nc3ccccc32)CC1. The Kier molecular flexibility index (Phi) is 4.33. The molecule has 0 N–H and O–H groups in total. The average molecular weight is 361 g/mol. The van der Waals surface area contributed by atoms with Crippen molar-refractivity contribution in [1.82, 2.24) is 13.9 Å². The number of benzene rings is 1. The maximum atomic E-state index is 13.3. The van der Waals surface area contributed by atoms with E-state index in [1.807, 2.05) is 0 Å². The Balaban J connectivity index is 1.85. The van der Waals surface area contributed by atoms with E-state index in [9.17, 15) is 21.6 Å². The van der Waals surface area contributed by atoms with Gasteiger partial charge in [0, 0.05) is 19.6 Å². The van der Waals surface area contributed by atoms with E-state index < -0.39 is 22.0 Å². The summed E-state index contributed by atoms with van der Waals surface area (Å²) in [6.07, 6.45) is -2.29. The summed E-state index contributed by atoms with van der Waals surface area (Å²) in [7, 11) is -3.24. The summed E-state index contributed by atoms with van der Waals surface area (Å²) >= 11 is 0. The second kappa shape index (κ2) is 6.03. The molecule has 0 amide bonds. The van der Waals surface area contributed by atoms with Crippen LogP contribution in [0.5, 0.6) is 0 Å². The molecule has 0 bridgehead atoms. The first-order valence-corrected chi connectivity index (χ1v) is 9.48. The molecule has 1 aromatic carbocycles. The summed E-state index contributed by atoms with van der Waals surface area (Å²) in [4.78, 5) is 3.74. The van der Waals surface area contributed by atoms with Gasteiger partial charge in [-0.15, -0.1) is 0 Å². The van der Waals surface area contributed by atoms with Gasteiger partial charge in [-0.05, 0) is 30.9 Å². The number of piperidine rings is 1. The molecule has 0 saturated carbocycles. The van der Waals surface area contributed by atoms with Crippen LogP contribution in [-0.2, 0) is 22.7 Å². The summed E-state index contributed by atoms with van der Waals surface area (Å²) in [6.45, 7) is 0.877. The topological polar surface area (TPSA) is 55.2 Å². The van der Waals surface area contributed by atoms with Crippen molar-refractivity contribution in [2.75, 3.05) is 19.3 Å². The van der Waals surface area contributed by atoms with E-state index in [1.54, 1.807) is 24.3 Å². The highest BCUT2D eigenvalue weighted by molar-refractivity contribution is 7.88. The Morgan fingerprint density at radius 2 is 1.83 bits per heavy atom. The van der Waals surface area contributed by atoms with Crippen LogP contribution in [0.3, 0.4) is 0 Å². The number of alkyl halides is 3. The van der Waals surface area contributed by atoms with E-state index in [0.717, 1.165) is 6.26 Å². The van der Waals surface area contributed by atoms with Crippen molar-refractivity contribution in [3.05, 3.63) is 30.1 Å². The molecule has 1 aliphatic heterocycles. The van der Waals surface area contributed by atoms with Gasteiger partial charge >= 0.3 is 6.18 Å². The van der Waals surface area contributed by atoms with Gasteiger partial charge in [-0.2, -0.15) is 13.2 Å². The summed E-state index contributed by atoms with van der Waals surface area (Å²) in [5, 5.41) is 0. The van der Waals surface area contributed by atoms with Crippen molar-refractivity contribution in [3.8, 4) is 0 Å². The molecule has 5 nitrogen and oxygen atoms in total. The number of para-hydroxylation sites is 2. The lowest BCUT2D eigenvalue weighted by Gasteiger charge is -2.30. The Morgan fingerprint density at radius 3 is 2.42 bits per heavy atom. The molecule has 0 spiro atoms. The number of hydrogen-bond acceptors (Lipinski definition) is 3. The number of fused-ring (bicyclic) bond motifs is 1. The van der Waals surface area contributed by atoms with Crippen molar-refractivity contribution < 1.29 is 21.6 Å². The molecule has 0 aliphatic carbocycles. The maximum absolute atomic E-state index is 13.3. The number of rotatable bonds is 3. The van der Waals surface area contributed by atoms with Crippen LogP contribution in [0.4, 0.5) is 13.2 Å². The van der Waals surface area contributed by atoms with Crippen molar-refractivity contribution >= 4 is 21.1 Å². The molecule has 132 valence electrons. The van der Waals surface area contributed by atoms with Gasteiger partial charge in [0.05, 0.1) is 17.3 Å². The predicted octanol–water partition coefficient (Wildman–Crippen LogP) is 2.73. The molecule has 0 unspecified atom stereocenters. The van der Waals surface area contributed by atoms with Crippen LogP contribution in [0.2, 0.25) is 0 Å². The highest BCUT2D eigenvalue weighted by Gasteiger charge is 2.38. The number of sulfonamides is 1. The Morgan fingerprint density at radius 1 is 1.21 bits per heavy atom. The molecule has 2 aromatic rings. The third kappa shape index (κ3) is 3.41. The van der Waals surface area contributed by atoms with E-state index in [0.29, 0.717) is 37.0 Å². The third-order valence-corrected chi connectivity index (χ3v) is 5.69. The van der Waals surface area contributed by atoms with Crippen molar-refractivity contribution in [2.24, 2.45) is 5.92 Å². The summed E-state index contributed by atoms with van der Waals surface area (Å²) in [6, 6.07) is 6.54. The molecule has 1 saturated heterocycles. The number of halogens is 3. The number of nitrogens with zero attached hydrogens (tertiary/aromatic N) is 3. The van der Waals surface area contributed by atoms with Crippen LogP contribution < -0.4 is 0 Å². The summed E-state index contributed by atoms with van der Waals surface area (Å²) < 4.78 is 65.5. The van der Waals surface area contributed by atoms with Gasteiger partial charge in [-0.1, -0.05) is 12.1 Å². The number of imidazole rings is 1. The quantitative estimate of drug-likeness (QED) is 0.845. The Labute approximate surface area is 138 Å². The minimum Gasteiger partial charge on any atom is -0.320 e. The van der Waals surface area contributed by atoms with Gasteiger partial charge in [0.2, 0.25) is 15.8 Å². The first kappa shape index (κ1) is 17.2. The number of aromatic nitrogens is 2. The van der Waals surface area contributed by atoms with Crippen LogP contribution in [0.25, 0.3) is 11.0 Å². The third-order valence-electron chi connectivity index (χ3n) is 4.39. The maximum Gasteiger partial charge on any atom is 0.449 e. The standard InChI is InChI=1S/C15H18F3N3O2S/c1-24(22,23)20-8-6-11(7-9-20)10-21-13-5-3-2-4-12(13)19-14(21)15(16,17)18/h2-5,11H,6-10H2,1H3. The van der Waals surface area contributed by atoms with E-state index >= 15 is 0 Å². The minimum absolute atomic E-state index is 0.0123. The lowest BCUT2D eigenvalue weighted by atomic mass is 9.98. The summed E-state index contributed by atoms with van der Waals surface area (Å²) in [5.41, 5.74) is 0.772. The van der Waals surface area contributed by atoms with Gasteiger partial charge in [0.1, 0.15) is 0 Å². The molecular formula is C15H18F3N3O2S. The molecule has 2 heterocycles. The van der Waals surface area contributed by atoms with Crippen LogP contribution >= 0.6 is 0 Å². The fourth-order valence-electron chi connectivity index (χ4n) is 3.16. The Hall–Kier alpha value is -1.61. The van der Waals surface area contributed by atoms with E-state index in [2.05, 4.69) is 4.98 Å². The zero-order chi connectivity index (χ0) is 17.5. The molecule has 1 aromatic heterocycles. The van der Waals surface area contributed by atoms with Gasteiger partial charge in [0.25, 0.3) is 0 Å². The zero-order valence-corrected chi connectivity index (χ0v) is 13.9. The normalized spacial score (nSPS) is 18.3. The molecule has 1 fully saturated rings. The molecule has 9 heteroatoms. The first-order chi connectivity index (χ1) is 11.2. The molecule has 0 radical (unpaired) electrons. The van der Waals surface area contributed by atoms with E-state index in [-0.39, 0.29) is 12.5 Å². The van der Waals surface area contributed by atoms with Crippen LogP contribution in [0, 0.1) is 5.92 Å². The lowest BCUT2D eigenvalue weighted by molar-refractivity contribution is -0.147. The van der Waals surface area contributed by atoms with Crippen molar-refractivity contribution in [1.29, 1.82) is 0 Å². The molecule has 24 heavy (non-hydrogen) atoms. The zero-order valence-electron chi connectivity index (χ0n) is 13.1. The second-order valence-corrected chi connectivity index (χ2v) is 8.12. The largest absolute Gasteiger partial charge is 0.449 e. The smallest absolute Gasteiger partial charge is 0.320 e. The minimum atomic E-state index is -4.52. The van der Waals surface area contributed by atoms with Gasteiger partial charge in [-0.25, -0.2) is 17.7 Å². The Bertz CT molecular complexity index is 837. The fourth-order valence-corrected chi connectivity index (χ4v) is 4.03. The second-order valence-electron chi connectivity index (χ2n) is 6.14. The molecular weight excluding hydrogens is 343 g/mol. The van der Waals surface area contributed by atoms with Gasteiger partial charge < -0.3 is 4.57 Å². The summed E-state index contributed by atoms with van der Waals surface area (Å²) in [5.74, 6) is -0.907. The van der Waals surface area contributed by atoms with Crippen LogP contribution in [0.1, 0.15) is 18.7 Å². The van der Waals surface area contributed by atoms with Crippen LogP contribution in [0.15, 0.2) is 24.3 Å². The molecule has 3 rings (SSSR count). The van der Waals surface area contributed by atoms with Gasteiger partial charge in [-0.3, -0.25) is 0 Å².